The molecule has 1 amide bonds. The Kier molecular flexibility index (Phi) is 6.50. The number of piperidine rings is 1. The van der Waals surface area contributed by atoms with Crippen molar-refractivity contribution in [3.63, 3.8) is 0 Å². The van der Waals surface area contributed by atoms with E-state index in [1.807, 2.05) is 11.8 Å². The molecule has 130 valence electrons. The topological polar surface area (TPSA) is 62.6 Å². The van der Waals surface area contributed by atoms with Crippen LogP contribution in [0.15, 0.2) is 16.6 Å². The van der Waals surface area contributed by atoms with Crippen LogP contribution >= 0.6 is 15.9 Å². The molecule has 0 radical (unpaired) electrons. The molecule has 6 heteroatoms. The summed E-state index contributed by atoms with van der Waals surface area (Å²) in [5.74, 6) is 0.908. The molecular weight excluding hydrogens is 372 g/mol. The van der Waals surface area contributed by atoms with Crippen molar-refractivity contribution in [1.29, 1.82) is 5.26 Å². The van der Waals surface area contributed by atoms with Gasteiger partial charge in [-0.05, 0) is 62.0 Å². The summed E-state index contributed by atoms with van der Waals surface area (Å²) in [6.07, 6.45) is 3.21. The third-order valence-electron chi connectivity index (χ3n) is 4.26. The van der Waals surface area contributed by atoms with Crippen LogP contribution < -0.4 is 9.47 Å². The lowest BCUT2D eigenvalue weighted by Crippen LogP contribution is -2.49. The summed E-state index contributed by atoms with van der Waals surface area (Å²) < 4.78 is 11.9. The fourth-order valence-corrected chi connectivity index (χ4v) is 3.71. The number of benzene rings is 1. The second kappa shape index (κ2) is 8.39. The van der Waals surface area contributed by atoms with Gasteiger partial charge >= 0.3 is 0 Å². The van der Waals surface area contributed by atoms with Gasteiger partial charge in [-0.1, -0.05) is 0 Å². The van der Waals surface area contributed by atoms with Crippen molar-refractivity contribution in [2.24, 2.45) is 0 Å². The number of likely N-dealkylation sites (tertiary alicyclic amines) is 1. The zero-order valence-electron chi connectivity index (χ0n) is 14.3. The Labute approximate surface area is 151 Å². The molecule has 0 N–H and O–H groups in total. The van der Waals surface area contributed by atoms with E-state index >= 15 is 0 Å². The van der Waals surface area contributed by atoms with E-state index in [1.165, 1.54) is 0 Å². The van der Waals surface area contributed by atoms with Crippen molar-refractivity contribution in [3.8, 4) is 17.6 Å². The van der Waals surface area contributed by atoms with Crippen molar-refractivity contribution in [1.82, 2.24) is 4.90 Å². The third kappa shape index (κ3) is 4.21. The Bertz CT molecular complexity index is 632. The minimum Gasteiger partial charge on any atom is -0.490 e. The Hall–Kier alpha value is -1.74. The maximum atomic E-state index is 12.6. The maximum Gasteiger partial charge on any atom is 0.260 e. The van der Waals surface area contributed by atoms with Crippen molar-refractivity contribution < 1.29 is 14.3 Å². The van der Waals surface area contributed by atoms with E-state index < -0.39 is 0 Å². The van der Waals surface area contributed by atoms with E-state index in [2.05, 4.69) is 35.8 Å². The smallest absolute Gasteiger partial charge is 0.260 e. The number of halogens is 1. The van der Waals surface area contributed by atoms with Gasteiger partial charge in [-0.25, -0.2) is 0 Å². The van der Waals surface area contributed by atoms with Crippen LogP contribution in [0, 0.1) is 11.3 Å². The average Bonchev–Trinajstić information content (AvgIpc) is 2.53. The summed E-state index contributed by atoms with van der Waals surface area (Å²) in [5.41, 5.74) is 0.474. The molecule has 2 rings (SSSR count). The summed E-state index contributed by atoms with van der Waals surface area (Å²) in [7, 11) is 0. The predicted molar refractivity (Wildman–Crippen MR) is 95.1 cm³/mol. The fraction of sp³-hybridized carbons (Fsp3) is 0.556. The van der Waals surface area contributed by atoms with Gasteiger partial charge < -0.3 is 14.4 Å². The first kappa shape index (κ1) is 18.6. The predicted octanol–water partition coefficient (Wildman–Crippen LogP) is 3.89. The van der Waals surface area contributed by atoms with E-state index in [4.69, 9.17) is 14.7 Å². The van der Waals surface area contributed by atoms with Gasteiger partial charge in [0.1, 0.15) is 0 Å². The monoisotopic (exact) mass is 394 g/mol. The van der Waals surface area contributed by atoms with Gasteiger partial charge in [0.15, 0.2) is 18.1 Å². The maximum absolute atomic E-state index is 12.6. The van der Waals surface area contributed by atoms with Gasteiger partial charge in [-0.15, -0.1) is 0 Å². The number of ether oxygens (including phenoxy) is 2. The van der Waals surface area contributed by atoms with Crippen LogP contribution in [0.3, 0.4) is 0 Å². The first-order valence-electron chi connectivity index (χ1n) is 8.28. The number of carbonyl (C=O) groups is 1. The third-order valence-corrected chi connectivity index (χ3v) is 4.85. The minimum absolute atomic E-state index is 0.0200. The number of nitriles is 1. The van der Waals surface area contributed by atoms with Gasteiger partial charge in [-0.2, -0.15) is 5.26 Å². The SMILES string of the molecule is CCOc1cc(C#N)cc(Br)c1OCC(=O)N1C(C)CCCC1C. The number of hydrogen-bond acceptors (Lipinski definition) is 4. The van der Waals surface area contributed by atoms with E-state index in [-0.39, 0.29) is 24.6 Å². The number of amides is 1. The zero-order chi connectivity index (χ0) is 17.7. The molecule has 0 spiro atoms. The molecular formula is C18H23BrN2O3. The molecule has 0 aliphatic carbocycles. The van der Waals surface area contributed by atoms with E-state index in [0.29, 0.717) is 28.1 Å². The lowest BCUT2D eigenvalue weighted by atomic mass is 9.97. The Morgan fingerprint density at radius 1 is 1.33 bits per heavy atom. The molecule has 2 atom stereocenters. The highest BCUT2D eigenvalue weighted by Gasteiger charge is 2.29. The van der Waals surface area contributed by atoms with Crippen molar-refractivity contribution in [2.75, 3.05) is 13.2 Å². The summed E-state index contributed by atoms with van der Waals surface area (Å²) in [4.78, 5) is 14.5. The number of carbonyl (C=O) groups excluding carboxylic acids is 1. The number of rotatable bonds is 5. The first-order valence-corrected chi connectivity index (χ1v) is 9.07. The summed E-state index contributed by atoms with van der Waals surface area (Å²) >= 11 is 3.40. The van der Waals surface area contributed by atoms with Gasteiger partial charge in [0.25, 0.3) is 5.91 Å². The lowest BCUT2D eigenvalue weighted by molar-refractivity contribution is -0.139. The molecule has 1 aliphatic rings. The van der Waals surface area contributed by atoms with Crippen molar-refractivity contribution in [3.05, 3.63) is 22.2 Å². The second-order valence-electron chi connectivity index (χ2n) is 6.05. The molecule has 1 aliphatic heterocycles. The number of nitrogens with zero attached hydrogens (tertiary/aromatic N) is 2. The molecule has 24 heavy (non-hydrogen) atoms. The largest absolute Gasteiger partial charge is 0.490 e. The molecule has 1 aromatic rings. The summed E-state index contributed by atoms with van der Waals surface area (Å²) in [6.45, 7) is 6.43. The highest BCUT2D eigenvalue weighted by Crippen LogP contribution is 2.37. The molecule has 2 unspecified atom stereocenters. The van der Waals surface area contributed by atoms with Crippen LogP contribution in [0.5, 0.6) is 11.5 Å². The van der Waals surface area contributed by atoms with Crippen molar-refractivity contribution >= 4 is 21.8 Å². The van der Waals surface area contributed by atoms with Crippen molar-refractivity contribution in [2.45, 2.75) is 52.1 Å². The van der Waals surface area contributed by atoms with Gasteiger partial charge in [0.05, 0.1) is 22.7 Å². The molecule has 0 bridgehead atoms. The molecule has 1 fully saturated rings. The Balaban J connectivity index is 2.13. The fourth-order valence-electron chi connectivity index (χ4n) is 3.16. The Morgan fingerprint density at radius 2 is 2.00 bits per heavy atom. The normalized spacial score (nSPS) is 20.4. The highest BCUT2D eigenvalue weighted by molar-refractivity contribution is 9.10. The zero-order valence-corrected chi connectivity index (χ0v) is 15.9. The quantitative estimate of drug-likeness (QED) is 0.759. The standard InChI is InChI=1S/C18H23BrN2O3/c1-4-23-16-9-14(10-20)8-15(19)18(16)24-11-17(22)21-12(2)6-5-7-13(21)3/h8-9,12-13H,4-7,11H2,1-3H3. The first-order chi connectivity index (χ1) is 11.5. The van der Waals surface area contributed by atoms with Crippen LogP contribution in [0.2, 0.25) is 0 Å². The minimum atomic E-state index is -0.0424. The molecule has 1 heterocycles. The van der Waals surface area contributed by atoms with E-state index in [1.54, 1.807) is 12.1 Å². The summed E-state index contributed by atoms with van der Waals surface area (Å²) in [6, 6.07) is 5.84. The van der Waals surface area contributed by atoms with E-state index in [0.717, 1.165) is 19.3 Å². The molecule has 1 aromatic carbocycles. The molecule has 0 saturated carbocycles. The second-order valence-corrected chi connectivity index (χ2v) is 6.90. The highest BCUT2D eigenvalue weighted by atomic mass is 79.9. The van der Waals surface area contributed by atoms with Crippen LogP contribution in [0.25, 0.3) is 0 Å². The lowest BCUT2D eigenvalue weighted by Gasteiger charge is -2.39. The number of hydrogen-bond donors (Lipinski definition) is 0. The molecule has 0 aromatic heterocycles. The Morgan fingerprint density at radius 3 is 2.58 bits per heavy atom. The van der Waals surface area contributed by atoms with Crippen LogP contribution in [-0.2, 0) is 4.79 Å². The van der Waals surface area contributed by atoms with Gasteiger partial charge in [0.2, 0.25) is 0 Å². The average molecular weight is 395 g/mol. The van der Waals surface area contributed by atoms with E-state index in [9.17, 15) is 4.79 Å². The van der Waals surface area contributed by atoms with Crippen LogP contribution in [-0.4, -0.2) is 36.1 Å². The summed E-state index contributed by atoms with van der Waals surface area (Å²) in [5, 5.41) is 9.06. The van der Waals surface area contributed by atoms with Crippen LogP contribution in [0.4, 0.5) is 0 Å². The van der Waals surface area contributed by atoms with Gasteiger partial charge in [0, 0.05) is 18.2 Å². The molecule has 1 saturated heterocycles. The van der Waals surface area contributed by atoms with Gasteiger partial charge in [-0.3, -0.25) is 4.79 Å². The van der Waals surface area contributed by atoms with Crippen LogP contribution in [0.1, 0.15) is 45.6 Å². The molecule has 5 nitrogen and oxygen atoms in total.